The molecule has 2 aliphatic rings. The van der Waals surface area contributed by atoms with Crippen LogP contribution in [0.25, 0.3) is 6.08 Å². The second-order valence-corrected chi connectivity index (χ2v) is 11.1. The Labute approximate surface area is 193 Å². The zero-order valence-electron chi connectivity index (χ0n) is 19.7. The Kier molecular flexibility index (Phi) is 8.75. The minimum Gasteiger partial charge on any atom is -0.487 e. The Morgan fingerprint density at radius 3 is 2.66 bits per heavy atom. The lowest BCUT2D eigenvalue weighted by atomic mass is 9.98. The number of aliphatic hydroxyl groups is 1. The molecule has 0 saturated carbocycles. The molecule has 2 aliphatic heterocycles. The van der Waals surface area contributed by atoms with Gasteiger partial charge in [-0.25, -0.2) is 8.42 Å². The molecule has 0 bridgehead atoms. The van der Waals surface area contributed by atoms with Gasteiger partial charge in [0.1, 0.15) is 16.7 Å². The van der Waals surface area contributed by atoms with Crippen LogP contribution in [0.3, 0.4) is 0 Å². The van der Waals surface area contributed by atoms with Crippen LogP contribution in [-0.2, 0) is 14.8 Å². The highest BCUT2D eigenvalue weighted by atomic mass is 32.2. The van der Waals surface area contributed by atoms with Crippen molar-refractivity contribution in [2.75, 3.05) is 46.5 Å². The van der Waals surface area contributed by atoms with Crippen molar-refractivity contribution in [3.05, 3.63) is 29.8 Å². The second kappa shape index (κ2) is 11.1. The lowest BCUT2D eigenvalue weighted by molar-refractivity contribution is 0.0402. The van der Waals surface area contributed by atoms with E-state index in [1.165, 1.54) is 4.31 Å². The summed E-state index contributed by atoms with van der Waals surface area (Å²) in [4.78, 5) is 2.46. The predicted molar refractivity (Wildman–Crippen MR) is 126 cm³/mol. The van der Waals surface area contributed by atoms with Crippen molar-refractivity contribution in [1.82, 2.24) is 9.21 Å². The number of hydrogen-bond donors (Lipinski definition) is 1. The van der Waals surface area contributed by atoms with Gasteiger partial charge in [0.25, 0.3) is 0 Å². The SMILES string of the molecule is C/C=C/c1ccc2c(c1)O[C@@H](CN(C)CC1CCOCC1)[C@H](C)CN([C@H](C)CO)S2(=O)=O. The van der Waals surface area contributed by atoms with Crippen LogP contribution in [0.4, 0.5) is 0 Å². The van der Waals surface area contributed by atoms with Gasteiger partial charge >= 0.3 is 0 Å². The summed E-state index contributed by atoms with van der Waals surface area (Å²) < 4.78 is 40.3. The van der Waals surface area contributed by atoms with Crippen molar-refractivity contribution in [3.8, 4) is 5.75 Å². The molecule has 0 radical (unpaired) electrons. The molecule has 0 aromatic heterocycles. The van der Waals surface area contributed by atoms with Gasteiger partial charge in [-0.3, -0.25) is 0 Å². The van der Waals surface area contributed by atoms with Gasteiger partial charge in [0.05, 0.1) is 6.61 Å². The molecule has 1 aromatic rings. The molecule has 1 fully saturated rings. The van der Waals surface area contributed by atoms with E-state index in [-0.39, 0.29) is 23.5 Å². The molecular formula is C24H38N2O5S. The highest BCUT2D eigenvalue weighted by Crippen LogP contribution is 2.34. The average Bonchev–Trinajstić information content (AvgIpc) is 2.76. The molecule has 3 atom stereocenters. The number of aliphatic hydroxyl groups excluding tert-OH is 1. The molecule has 0 unspecified atom stereocenters. The van der Waals surface area contributed by atoms with E-state index < -0.39 is 16.1 Å². The quantitative estimate of drug-likeness (QED) is 0.666. The van der Waals surface area contributed by atoms with Gasteiger partial charge in [-0.1, -0.05) is 25.1 Å². The summed E-state index contributed by atoms with van der Waals surface area (Å²) in [6.07, 6.45) is 5.81. The van der Waals surface area contributed by atoms with Crippen molar-refractivity contribution in [3.63, 3.8) is 0 Å². The number of rotatable bonds is 7. The van der Waals surface area contributed by atoms with E-state index in [1.807, 2.05) is 26.0 Å². The summed E-state index contributed by atoms with van der Waals surface area (Å²) in [5, 5.41) is 9.76. The summed E-state index contributed by atoms with van der Waals surface area (Å²) in [5.74, 6) is 0.943. The Morgan fingerprint density at radius 1 is 1.28 bits per heavy atom. The molecule has 7 nitrogen and oxygen atoms in total. The zero-order chi connectivity index (χ0) is 23.3. The van der Waals surface area contributed by atoms with Crippen molar-refractivity contribution in [1.29, 1.82) is 0 Å². The fourth-order valence-electron chi connectivity index (χ4n) is 4.51. The van der Waals surface area contributed by atoms with Gasteiger partial charge in [0.15, 0.2) is 0 Å². The molecule has 1 N–H and O–H groups in total. The molecule has 180 valence electrons. The largest absolute Gasteiger partial charge is 0.487 e. The first-order valence-electron chi connectivity index (χ1n) is 11.6. The summed E-state index contributed by atoms with van der Waals surface area (Å²) in [5.41, 5.74) is 0.894. The van der Waals surface area contributed by atoms with Crippen molar-refractivity contribution < 1.29 is 23.0 Å². The Balaban J connectivity index is 1.91. The lowest BCUT2D eigenvalue weighted by Gasteiger charge is -2.38. The number of fused-ring (bicyclic) bond motifs is 1. The molecule has 8 heteroatoms. The molecule has 1 saturated heterocycles. The maximum atomic E-state index is 13.5. The van der Waals surface area contributed by atoms with Gasteiger partial charge in [-0.15, -0.1) is 0 Å². The van der Waals surface area contributed by atoms with E-state index in [0.29, 0.717) is 24.8 Å². The van der Waals surface area contributed by atoms with Gasteiger partial charge in [0.2, 0.25) is 10.0 Å². The minimum absolute atomic E-state index is 0.0468. The first-order valence-corrected chi connectivity index (χ1v) is 13.0. The van der Waals surface area contributed by atoms with Gasteiger partial charge in [-0.2, -0.15) is 4.31 Å². The summed E-state index contributed by atoms with van der Waals surface area (Å²) in [6.45, 7) is 9.08. The molecule has 2 heterocycles. The van der Waals surface area contributed by atoms with Crippen LogP contribution in [0.2, 0.25) is 0 Å². The highest BCUT2D eigenvalue weighted by Gasteiger charge is 2.38. The predicted octanol–water partition coefficient (Wildman–Crippen LogP) is 2.85. The van der Waals surface area contributed by atoms with Crippen LogP contribution < -0.4 is 4.74 Å². The Bertz CT molecular complexity index is 882. The van der Waals surface area contributed by atoms with E-state index in [4.69, 9.17) is 9.47 Å². The number of likely N-dealkylation sites (N-methyl/N-ethyl adjacent to an activating group) is 1. The van der Waals surface area contributed by atoms with Gasteiger partial charge in [-0.05, 0) is 57.4 Å². The van der Waals surface area contributed by atoms with E-state index in [1.54, 1.807) is 25.1 Å². The number of hydrogen-bond acceptors (Lipinski definition) is 6. The molecule has 0 spiro atoms. The second-order valence-electron chi connectivity index (χ2n) is 9.22. The summed E-state index contributed by atoms with van der Waals surface area (Å²) >= 11 is 0. The maximum Gasteiger partial charge on any atom is 0.247 e. The van der Waals surface area contributed by atoms with Gasteiger partial charge in [0, 0.05) is 44.8 Å². The van der Waals surface area contributed by atoms with Crippen LogP contribution in [0.15, 0.2) is 29.2 Å². The van der Waals surface area contributed by atoms with E-state index >= 15 is 0 Å². The molecule has 3 rings (SSSR count). The van der Waals surface area contributed by atoms with Crippen molar-refractivity contribution in [2.24, 2.45) is 11.8 Å². The molecular weight excluding hydrogens is 428 g/mol. The maximum absolute atomic E-state index is 13.5. The lowest BCUT2D eigenvalue weighted by Crippen LogP contribution is -2.50. The van der Waals surface area contributed by atoms with Crippen LogP contribution in [0, 0.1) is 11.8 Å². The first-order chi connectivity index (χ1) is 15.3. The van der Waals surface area contributed by atoms with Crippen LogP contribution in [0.5, 0.6) is 5.75 Å². The summed E-state index contributed by atoms with van der Waals surface area (Å²) in [7, 11) is -1.69. The smallest absolute Gasteiger partial charge is 0.247 e. The standard InChI is InChI=1S/C24H38N2O5S/c1-5-6-20-7-8-24-22(13-20)31-23(16-25(4)15-21-9-11-30-12-10-21)18(2)14-26(19(3)17-27)32(24,28)29/h5-8,13,18-19,21,23,27H,9-12,14-17H2,1-4H3/b6-5+/t18-,19-,23+/m1/s1. The van der Waals surface area contributed by atoms with Crippen molar-refractivity contribution >= 4 is 16.1 Å². The molecule has 0 aliphatic carbocycles. The van der Waals surface area contributed by atoms with E-state index in [9.17, 15) is 13.5 Å². The number of ether oxygens (including phenoxy) is 2. The molecule has 1 aromatic carbocycles. The number of sulfonamides is 1. The molecule has 0 amide bonds. The van der Waals surface area contributed by atoms with Crippen molar-refractivity contribution in [2.45, 2.75) is 50.7 Å². The Hall–Kier alpha value is -1.45. The number of allylic oxidation sites excluding steroid dienone is 1. The van der Waals surface area contributed by atoms with Gasteiger partial charge < -0.3 is 19.5 Å². The third kappa shape index (κ3) is 5.91. The Morgan fingerprint density at radius 2 is 2.00 bits per heavy atom. The van der Waals surface area contributed by atoms with E-state index in [0.717, 1.165) is 38.2 Å². The topological polar surface area (TPSA) is 79.3 Å². The number of nitrogens with zero attached hydrogens (tertiary/aromatic N) is 2. The molecule has 32 heavy (non-hydrogen) atoms. The van der Waals surface area contributed by atoms with Crippen LogP contribution >= 0.6 is 0 Å². The summed E-state index contributed by atoms with van der Waals surface area (Å²) in [6, 6.07) is 4.71. The number of benzene rings is 1. The fraction of sp³-hybridized carbons (Fsp3) is 0.667. The fourth-order valence-corrected chi connectivity index (χ4v) is 6.33. The highest BCUT2D eigenvalue weighted by molar-refractivity contribution is 7.89. The third-order valence-corrected chi connectivity index (χ3v) is 8.47. The average molecular weight is 467 g/mol. The zero-order valence-corrected chi connectivity index (χ0v) is 20.6. The third-order valence-electron chi connectivity index (χ3n) is 6.45. The van der Waals surface area contributed by atoms with E-state index in [2.05, 4.69) is 11.9 Å². The monoisotopic (exact) mass is 466 g/mol. The van der Waals surface area contributed by atoms with Crippen LogP contribution in [0.1, 0.15) is 39.2 Å². The minimum atomic E-state index is -3.80. The van der Waals surface area contributed by atoms with Crippen LogP contribution in [-0.4, -0.2) is 81.4 Å². The normalized spacial score (nSPS) is 25.8. The first kappa shape index (κ1) is 25.2.